The molecule has 1 unspecified atom stereocenters. The summed E-state index contributed by atoms with van der Waals surface area (Å²) in [4.78, 5) is 11.1. The van der Waals surface area contributed by atoms with Gasteiger partial charge in [-0.05, 0) is 44.4 Å². The van der Waals surface area contributed by atoms with E-state index in [1.54, 1.807) is 6.92 Å². The second kappa shape index (κ2) is 5.92. The summed E-state index contributed by atoms with van der Waals surface area (Å²) in [5.41, 5.74) is 7.30. The monoisotopic (exact) mass is 326 g/mol. The fourth-order valence-corrected chi connectivity index (χ4v) is 2.50. The van der Waals surface area contributed by atoms with E-state index in [0.29, 0.717) is 6.04 Å². The van der Waals surface area contributed by atoms with Crippen LogP contribution in [0.1, 0.15) is 30.9 Å². The molecule has 0 heterocycles. The Labute approximate surface area is 121 Å². The molecule has 1 saturated carbocycles. The highest BCUT2D eigenvalue weighted by molar-refractivity contribution is 9.10. The molecule has 1 aliphatic carbocycles. The molecule has 5 heteroatoms. The Balaban J connectivity index is 2.19. The predicted molar refractivity (Wildman–Crippen MR) is 78.0 cm³/mol. The van der Waals surface area contributed by atoms with E-state index in [4.69, 9.17) is 10.5 Å². The van der Waals surface area contributed by atoms with E-state index < -0.39 is 12.0 Å². The van der Waals surface area contributed by atoms with Gasteiger partial charge in [-0.25, -0.2) is 0 Å². The van der Waals surface area contributed by atoms with Crippen molar-refractivity contribution < 1.29 is 9.53 Å². The van der Waals surface area contributed by atoms with Gasteiger partial charge in [0.2, 0.25) is 0 Å². The van der Waals surface area contributed by atoms with Crippen molar-refractivity contribution >= 4 is 21.8 Å². The quantitative estimate of drug-likeness (QED) is 0.842. The van der Waals surface area contributed by atoms with Crippen molar-refractivity contribution in [1.29, 1.82) is 0 Å². The van der Waals surface area contributed by atoms with Gasteiger partial charge in [0.25, 0.3) is 5.91 Å². The molecule has 3 N–H and O–H groups in total. The number of amides is 1. The Morgan fingerprint density at radius 3 is 2.84 bits per heavy atom. The highest BCUT2D eigenvalue weighted by Gasteiger charge is 2.22. The first kappa shape index (κ1) is 14.3. The smallest absolute Gasteiger partial charge is 0.258 e. The molecule has 0 aromatic heterocycles. The molecule has 0 spiro atoms. The molecule has 0 bridgehead atoms. The van der Waals surface area contributed by atoms with Gasteiger partial charge in [-0.2, -0.15) is 0 Å². The molecule has 0 radical (unpaired) electrons. The number of nitrogens with two attached hydrogens (primary N) is 1. The molecule has 2 rings (SSSR count). The number of nitrogens with one attached hydrogen (secondary N) is 1. The largest absolute Gasteiger partial charge is 0.480 e. The minimum atomic E-state index is -0.625. The van der Waals surface area contributed by atoms with E-state index in [9.17, 15) is 4.79 Å². The zero-order valence-electron chi connectivity index (χ0n) is 11.2. The average Bonchev–Trinajstić information content (AvgIpc) is 3.13. The fourth-order valence-electron chi connectivity index (χ4n) is 1.88. The van der Waals surface area contributed by atoms with Gasteiger partial charge in [-0.1, -0.05) is 15.9 Å². The van der Waals surface area contributed by atoms with E-state index >= 15 is 0 Å². The van der Waals surface area contributed by atoms with Crippen molar-refractivity contribution in [2.45, 2.75) is 45.4 Å². The fraction of sp³-hybridized carbons (Fsp3) is 0.500. The number of rotatable bonds is 6. The van der Waals surface area contributed by atoms with Gasteiger partial charge in [-0.3, -0.25) is 4.79 Å². The molecule has 0 saturated heterocycles. The van der Waals surface area contributed by atoms with Gasteiger partial charge >= 0.3 is 0 Å². The molecule has 4 nitrogen and oxygen atoms in total. The lowest BCUT2D eigenvalue weighted by Crippen LogP contribution is -2.31. The molecule has 1 fully saturated rings. The molecular formula is C14H19BrN2O2. The van der Waals surface area contributed by atoms with Crippen molar-refractivity contribution in [3.05, 3.63) is 27.7 Å². The maximum atomic E-state index is 11.1. The van der Waals surface area contributed by atoms with Crippen molar-refractivity contribution in [2.75, 3.05) is 0 Å². The van der Waals surface area contributed by atoms with Gasteiger partial charge in [-0.15, -0.1) is 0 Å². The molecule has 1 aliphatic rings. The molecule has 1 aromatic carbocycles. The summed E-state index contributed by atoms with van der Waals surface area (Å²) < 4.78 is 6.72. The first-order chi connectivity index (χ1) is 8.97. The van der Waals surface area contributed by atoms with Crippen LogP contribution in [0.4, 0.5) is 0 Å². The van der Waals surface area contributed by atoms with Crippen LogP contribution in [0.2, 0.25) is 0 Å². The average molecular weight is 327 g/mol. The van der Waals surface area contributed by atoms with Crippen LogP contribution >= 0.6 is 15.9 Å². The first-order valence-corrected chi connectivity index (χ1v) is 7.25. The Morgan fingerprint density at radius 2 is 2.26 bits per heavy atom. The third-order valence-corrected chi connectivity index (χ3v) is 3.63. The number of hydrogen-bond donors (Lipinski definition) is 2. The number of aryl methyl sites for hydroxylation is 1. The van der Waals surface area contributed by atoms with Gasteiger partial charge in [0.15, 0.2) is 6.10 Å². The number of benzene rings is 1. The van der Waals surface area contributed by atoms with E-state index in [2.05, 4.69) is 21.2 Å². The van der Waals surface area contributed by atoms with Crippen LogP contribution in [0.15, 0.2) is 16.6 Å². The van der Waals surface area contributed by atoms with Crippen LogP contribution in [0, 0.1) is 6.92 Å². The molecule has 19 heavy (non-hydrogen) atoms. The molecule has 0 aliphatic heterocycles. The van der Waals surface area contributed by atoms with E-state index in [1.807, 2.05) is 19.1 Å². The summed E-state index contributed by atoms with van der Waals surface area (Å²) in [6.07, 6.45) is 1.85. The number of hydrogen-bond acceptors (Lipinski definition) is 3. The molecule has 1 amide bonds. The molecular weight excluding hydrogens is 308 g/mol. The minimum absolute atomic E-state index is 0.455. The van der Waals surface area contributed by atoms with Crippen LogP contribution in [0.5, 0.6) is 5.75 Å². The Kier molecular flexibility index (Phi) is 4.47. The van der Waals surface area contributed by atoms with Crippen LogP contribution in [0.25, 0.3) is 0 Å². The van der Waals surface area contributed by atoms with Crippen LogP contribution in [-0.2, 0) is 11.3 Å². The van der Waals surface area contributed by atoms with Crippen molar-refractivity contribution in [2.24, 2.45) is 5.73 Å². The highest BCUT2D eigenvalue weighted by Crippen LogP contribution is 2.30. The molecule has 104 valence electrons. The highest BCUT2D eigenvalue weighted by atomic mass is 79.9. The number of ether oxygens (including phenoxy) is 1. The summed E-state index contributed by atoms with van der Waals surface area (Å²) in [5.74, 6) is 0.297. The Hall–Kier alpha value is -1.07. The summed E-state index contributed by atoms with van der Waals surface area (Å²) in [6, 6.07) is 4.62. The van der Waals surface area contributed by atoms with Crippen LogP contribution < -0.4 is 15.8 Å². The second-order valence-electron chi connectivity index (χ2n) is 5.03. The number of halogens is 1. The lowest BCUT2D eigenvalue weighted by molar-refractivity contribution is -0.124. The summed E-state index contributed by atoms with van der Waals surface area (Å²) >= 11 is 3.49. The van der Waals surface area contributed by atoms with Crippen LogP contribution in [0.3, 0.4) is 0 Å². The maximum absolute atomic E-state index is 11.1. The molecule has 1 aromatic rings. The van der Waals surface area contributed by atoms with Crippen molar-refractivity contribution in [3.8, 4) is 5.75 Å². The van der Waals surface area contributed by atoms with Gasteiger partial charge < -0.3 is 15.8 Å². The van der Waals surface area contributed by atoms with E-state index in [-0.39, 0.29) is 0 Å². The summed E-state index contributed by atoms with van der Waals surface area (Å²) in [7, 11) is 0. The van der Waals surface area contributed by atoms with Crippen LogP contribution in [-0.4, -0.2) is 18.1 Å². The van der Waals surface area contributed by atoms with E-state index in [1.165, 1.54) is 12.8 Å². The first-order valence-electron chi connectivity index (χ1n) is 6.45. The zero-order valence-corrected chi connectivity index (χ0v) is 12.8. The number of carbonyl (C=O) groups excluding carboxylic acids is 1. The minimum Gasteiger partial charge on any atom is -0.480 e. The maximum Gasteiger partial charge on any atom is 0.258 e. The lowest BCUT2D eigenvalue weighted by atomic mass is 10.1. The third-order valence-electron chi connectivity index (χ3n) is 3.17. The lowest BCUT2D eigenvalue weighted by Gasteiger charge is -2.18. The molecule has 1 atom stereocenters. The summed E-state index contributed by atoms with van der Waals surface area (Å²) in [6.45, 7) is 4.38. The van der Waals surface area contributed by atoms with E-state index in [0.717, 1.165) is 27.9 Å². The second-order valence-corrected chi connectivity index (χ2v) is 5.94. The Morgan fingerprint density at radius 1 is 1.58 bits per heavy atom. The normalized spacial score (nSPS) is 16.2. The summed E-state index contributed by atoms with van der Waals surface area (Å²) in [5, 5.41) is 3.45. The van der Waals surface area contributed by atoms with Gasteiger partial charge in [0.1, 0.15) is 5.75 Å². The van der Waals surface area contributed by atoms with Crippen molar-refractivity contribution in [3.63, 3.8) is 0 Å². The SMILES string of the molecule is Cc1cc(Br)cc(CNC2CC2)c1OC(C)C(N)=O. The Bertz CT molecular complexity index is 487. The predicted octanol–water partition coefficient (Wildman–Crippen LogP) is 2.26. The van der Waals surface area contributed by atoms with Gasteiger partial charge in [0, 0.05) is 22.6 Å². The van der Waals surface area contributed by atoms with Gasteiger partial charge in [0.05, 0.1) is 0 Å². The number of carbonyl (C=O) groups is 1. The zero-order chi connectivity index (χ0) is 14.0. The standard InChI is InChI=1S/C14H19BrN2O2/c1-8-5-11(15)6-10(7-17-12-3-4-12)13(8)19-9(2)14(16)18/h5-6,9,12,17H,3-4,7H2,1-2H3,(H2,16,18). The van der Waals surface area contributed by atoms with Crippen molar-refractivity contribution in [1.82, 2.24) is 5.32 Å². The third kappa shape index (κ3) is 3.94. The number of primary amides is 1. The topological polar surface area (TPSA) is 64.3 Å².